The zero-order valence-electron chi connectivity index (χ0n) is 10.5. The molecule has 18 heavy (non-hydrogen) atoms. The number of thioether (sulfide) groups is 1. The molecule has 1 aromatic heterocycles. The molecule has 0 aliphatic heterocycles. The molecule has 1 atom stereocenters. The maximum Gasteiger partial charge on any atom is 0.355 e. The Kier molecular flexibility index (Phi) is 5.61. The Balaban J connectivity index is 2.70. The Hall–Kier alpha value is -1.08. The van der Waals surface area contributed by atoms with Crippen LogP contribution < -0.4 is 0 Å². The van der Waals surface area contributed by atoms with Gasteiger partial charge in [-0.15, -0.1) is 11.3 Å². The van der Waals surface area contributed by atoms with Gasteiger partial charge in [-0.3, -0.25) is 4.79 Å². The summed E-state index contributed by atoms with van der Waals surface area (Å²) in [5.74, 6) is -0.346. The average molecular weight is 288 g/mol. The van der Waals surface area contributed by atoms with Gasteiger partial charge in [0.15, 0.2) is 10.7 Å². The van der Waals surface area contributed by atoms with Gasteiger partial charge in [0.1, 0.15) is 0 Å². The lowest BCUT2D eigenvalue weighted by Crippen LogP contribution is -2.35. The van der Waals surface area contributed by atoms with Crippen LogP contribution in [0.2, 0.25) is 0 Å². The predicted molar refractivity (Wildman–Crippen MR) is 73.6 cm³/mol. The van der Waals surface area contributed by atoms with Gasteiger partial charge < -0.3 is 10.0 Å². The molecular weight excluding hydrogens is 272 g/mol. The summed E-state index contributed by atoms with van der Waals surface area (Å²) in [6.45, 7) is 1.97. The van der Waals surface area contributed by atoms with Gasteiger partial charge >= 0.3 is 5.97 Å². The highest BCUT2D eigenvalue weighted by molar-refractivity contribution is 7.98. The van der Waals surface area contributed by atoms with Crippen LogP contribution in [0, 0.1) is 0 Å². The van der Waals surface area contributed by atoms with E-state index >= 15 is 0 Å². The number of nitrogens with zero attached hydrogens (tertiary/aromatic N) is 2. The van der Waals surface area contributed by atoms with Crippen LogP contribution in [0.15, 0.2) is 5.38 Å². The molecule has 1 unspecified atom stereocenters. The zero-order chi connectivity index (χ0) is 13.7. The number of carboxylic acid groups (broad SMARTS) is 1. The molecular formula is C11H16N2O3S2. The summed E-state index contributed by atoms with van der Waals surface area (Å²) in [7, 11) is 1.72. The van der Waals surface area contributed by atoms with Crippen molar-refractivity contribution >= 4 is 35.0 Å². The molecule has 0 spiro atoms. The van der Waals surface area contributed by atoms with E-state index in [-0.39, 0.29) is 22.7 Å². The first-order valence-corrected chi connectivity index (χ1v) is 7.69. The summed E-state index contributed by atoms with van der Waals surface area (Å²) in [4.78, 5) is 28.2. The predicted octanol–water partition coefficient (Wildman–Crippen LogP) is 2.05. The molecule has 1 amide bonds. The maximum absolute atomic E-state index is 12.1. The van der Waals surface area contributed by atoms with Gasteiger partial charge in [-0.25, -0.2) is 9.78 Å². The number of hydrogen-bond acceptors (Lipinski definition) is 5. The number of thiazole rings is 1. The molecule has 0 aromatic carbocycles. The van der Waals surface area contributed by atoms with Crippen LogP contribution >= 0.6 is 23.1 Å². The van der Waals surface area contributed by atoms with E-state index in [4.69, 9.17) is 5.11 Å². The van der Waals surface area contributed by atoms with Gasteiger partial charge in [0, 0.05) is 18.5 Å². The number of carboxylic acids is 1. The summed E-state index contributed by atoms with van der Waals surface area (Å²) in [6, 6.07) is 0.113. The van der Waals surface area contributed by atoms with Gasteiger partial charge in [0.05, 0.1) is 0 Å². The highest BCUT2D eigenvalue weighted by Crippen LogP contribution is 2.15. The molecule has 7 heteroatoms. The normalized spacial score (nSPS) is 12.2. The minimum Gasteiger partial charge on any atom is -0.476 e. The zero-order valence-corrected chi connectivity index (χ0v) is 12.2. The third kappa shape index (κ3) is 3.71. The molecule has 1 heterocycles. The van der Waals surface area contributed by atoms with Gasteiger partial charge in [-0.1, -0.05) is 0 Å². The monoisotopic (exact) mass is 288 g/mol. The summed E-state index contributed by atoms with van der Waals surface area (Å²) >= 11 is 2.80. The second-order valence-corrected chi connectivity index (χ2v) is 5.73. The van der Waals surface area contributed by atoms with Crippen LogP contribution in [0.25, 0.3) is 0 Å². The van der Waals surface area contributed by atoms with Crippen molar-refractivity contribution in [3.8, 4) is 0 Å². The highest BCUT2D eigenvalue weighted by Gasteiger charge is 2.21. The largest absolute Gasteiger partial charge is 0.476 e. The van der Waals surface area contributed by atoms with Crippen LogP contribution in [-0.2, 0) is 0 Å². The number of amides is 1. The van der Waals surface area contributed by atoms with E-state index in [1.165, 1.54) is 5.38 Å². The fourth-order valence-electron chi connectivity index (χ4n) is 1.30. The molecule has 0 aliphatic rings. The Morgan fingerprint density at radius 2 is 2.28 bits per heavy atom. The quantitative estimate of drug-likeness (QED) is 0.867. The number of carbonyl (C=O) groups excluding carboxylic acids is 1. The smallest absolute Gasteiger partial charge is 0.355 e. The van der Waals surface area contributed by atoms with Crippen molar-refractivity contribution in [2.45, 2.75) is 19.4 Å². The molecule has 0 saturated carbocycles. The van der Waals surface area contributed by atoms with E-state index in [2.05, 4.69) is 4.98 Å². The summed E-state index contributed by atoms with van der Waals surface area (Å²) < 4.78 is 0. The van der Waals surface area contributed by atoms with Crippen molar-refractivity contribution in [3.05, 3.63) is 16.1 Å². The van der Waals surface area contributed by atoms with E-state index < -0.39 is 5.97 Å². The molecule has 0 fully saturated rings. The third-order valence-corrected chi connectivity index (χ3v) is 4.10. The van der Waals surface area contributed by atoms with Gasteiger partial charge in [0.25, 0.3) is 5.91 Å². The number of rotatable bonds is 6. The minimum absolute atomic E-state index is 0.0754. The lowest BCUT2D eigenvalue weighted by atomic mass is 10.2. The van der Waals surface area contributed by atoms with E-state index in [1.807, 2.05) is 13.2 Å². The van der Waals surface area contributed by atoms with Gasteiger partial charge in [0.2, 0.25) is 0 Å². The molecule has 0 aliphatic carbocycles. The molecule has 0 radical (unpaired) electrons. The van der Waals surface area contributed by atoms with E-state index in [1.54, 1.807) is 23.7 Å². The van der Waals surface area contributed by atoms with Crippen LogP contribution in [0.4, 0.5) is 0 Å². The minimum atomic E-state index is -1.11. The summed E-state index contributed by atoms with van der Waals surface area (Å²) in [5, 5.41) is 10.4. The standard InChI is InChI=1S/C11H16N2O3S2/c1-7(4-5-17-3)13(2)10(14)9-12-8(6-18-9)11(15)16/h6-7H,4-5H2,1-3H3,(H,15,16). The summed E-state index contributed by atoms with van der Waals surface area (Å²) in [5.41, 5.74) is -0.0754. The van der Waals surface area contributed by atoms with Crippen LogP contribution in [-0.4, -0.2) is 52.0 Å². The first-order chi connectivity index (χ1) is 8.47. The lowest BCUT2D eigenvalue weighted by Gasteiger charge is -2.23. The van der Waals surface area contributed by atoms with Crippen molar-refractivity contribution in [2.75, 3.05) is 19.1 Å². The number of carbonyl (C=O) groups is 2. The van der Waals surface area contributed by atoms with Crippen LogP contribution in [0.5, 0.6) is 0 Å². The first-order valence-electron chi connectivity index (χ1n) is 5.42. The molecule has 0 bridgehead atoms. The average Bonchev–Trinajstić information content (AvgIpc) is 2.83. The van der Waals surface area contributed by atoms with E-state index in [0.717, 1.165) is 23.5 Å². The molecule has 1 rings (SSSR count). The van der Waals surface area contributed by atoms with Crippen LogP contribution in [0.1, 0.15) is 33.6 Å². The van der Waals surface area contributed by atoms with Gasteiger partial charge in [-0.05, 0) is 25.4 Å². The Morgan fingerprint density at radius 1 is 1.61 bits per heavy atom. The fourth-order valence-corrected chi connectivity index (χ4v) is 2.65. The Bertz CT molecular complexity index is 434. The number of aromatic nitrogens is 1. The fraction of sp³-hybridized carbons (Fsp3) is 0.545. The Labute approximate surface area is 114 Å². The van der Waals surface area contributed by atoms with E-state index in [0.29, 0.717) is 0 Å². The molecule has 0 saturated heterocycles. The topological polar surface area (TPSA) is 70.5 Å². The first kappa shape index (κ1) is 15.0. The third-order valence-electron chi connectivity index (χ3n) is 2.63. The number of hydrogen-bond donors (Lipinski definition) is 1. The molecule has 100 valence electrons. The van der Waals surface area contributed by atoms with Crippen molar-refractivity contribution < 1.29 is 14.7 Å². The van der Waals surface area contributed by atoms with E-state index in [9.17, 15) is 9.59 Å². The van der Waals surface area contributed by atoms with Crippen LogP contribution in [0.3, 0.4) is 0 Å². The van der Waals surface area contributed by atoms with Gasteiger partial charge in [-0.2, -0.15) is 11.8 Å². The lowest BCUT2D eigenvalue weighted by molar-refractivity contribution is 0.0691. The van der Waals surface area contributed by atoms with Crippen molar-refractivity contribution in [2.24, 2.45) is 0 Å². The van der Waals surface area contributed by atoms with Crippen molar-refractivity contribution in [3.63, 3.8) is 0 Å². The maximum atomic E-state index is 12.1. The molecule has 1 aromatic rings. The SMILES string of the molecule is CSCCC(C)N(C)C(=O)c1nc(C(=O)O)cs1. The highest BCUT2D eigenvalue weighted by atomic mass is 32.2. The van der Waals surface area contributed by atoms with Crippen molar-refractivity contribution in [1.29, 1.82) is 0 Å². The molecule has 1 N–H and O–H groups in total. The number of aromatic carboxylic acids is 1. The second kappa shape index (κ2) is 6.75. The Morgan fingerprint density at radius 3 is 2.78 bits per heavy atom. The summed E-state index contributed by atoms with van der Waals surface area (Å²) in [6.07, 6.45) is 2.93. The molecule has 5 nitrogen and oxygen atoms in total. The van der Waals surface area contributed by atoms with Crippen molar-refractivity contribution in [1.82, 2.24) is 9.88 Å². The second-order valence-electron chi connectivity index (χ2n) is 3.89.